The molecule has 0 spiro atoms. The molecule has 0 bridgehead atoms. The van der Waals surface area contributed by atoms with Gasteiger partial charge in [-0.3, -0.25) is 4.79 Å². The molecule has 1 rings (SSSR count). The number of hydrogen-bond acceptors (Lipinski definition) is 2. The lowest BCUT2D eigenvalue weighted by Crippen LogP contribution is -2.46. The predicted octanol–water partition coefficient (Wildman–Crippen LogP) is 3.74. The number of Topliss-reactive ketones (excluding diaryl/α,β-unsaturated/α-hetero) is 1. The van der Waals surface area contributed by atoms with Gasteiger partial charge in [0.25, 0.3) is 0 Å². The number of hydrogen-bond donors (Lipinski definition) is 0. The van der Waals surface area contributed by atoms with E-state index in [0.717, 1.165) is 6.42 Å². The minimum atomic E-state index is -1.76. The molecule has 0 aliphatic heterocycles. The molecule has 1 fully saturated rings. The average Bonchev–Trinajstić information content (AvgIpc) is 1.97. The maximum absolute atomic E-state index is 11.5. The first kappa shape index (κ1) is 14.2. The van der Waals surface area contributed by atoms with Crippen LogP contribution in [0.25, 0.3) is 0 Å². The fourth-order valence-corrected chi connectivity index (χ4v) is 3.46. The van der Waals surface area contributed by atoms with E-state index in [1.807, 2.05) is 0 Å². The van der Waals surface area contributed by atoms with Crippen molar-refractivity contribution < 1.29 is 9.22 Å². The number of ketones is 1. The molecular weight excluding hydrogens is 240 g/mol. The van der Waals surface area contributed by atoms with Gasteiger partial charge in [-0.1, -0.05) is 20.8 Å². The molecule has 0 radical (unpaired) electrons. The number of halogens is 1. The van der Waals surface area contributed by atoms with Gasteiger partial charge in [0.2, 0.25) is 0 Å². The SMILES string of the molecule is CC(C)(C)[Si](C)(C)O[C@H]1CC(=O)CC(Cl)C1. The van der Waals surface area contributed by atoms with E-state index in [1.165, 1.54) is 0 Å². The molecule has 1 aliphatic carbocycles. The molecule has 4 heteroatoms. The molecule has 0 N–H and O–H groups in total. The molecule has 94 valence electrons. The fraction of sp³-hybridized carbons (Fsp3) is 0.917. The average molecular weight is 263 g/mol. The molecule has 0 saturated heterocycles. The minimum Gasteiger partial charge on any atom is -0.413 e. The predicted molar refractivity (Wildman–Crippen MR) is 70.6 cm³/mol. The van der Waals surface area contributed by atoms with E-state index in [9.17, 15) is 4.79 Å². The Morgan fingerprint density at radius 1 is 1.31 bits per heavy atom. The Balaban J connectivity index is 2.63. The van der Waals surface area contributed by atoms with Crippen molar-refractivity contribution in [3.63, 3.8) is 0 Å². The van der Waals surface area contributed by atoms with Crippen molar-refractivity contribution in [1.29, 1.82) is 0 Å². The molecule has 16 heavy (non-hydrogen) atoms. The second-order valence-corrected chi connectivity index (χ2v) is 11.7. The Kier molecular flexibility index (Phi) is 4.25. The highest BCUT2D eigenvalue weighted by molar-refractivity contribution is 6.74. The third-order valence-corrected chi connectivity index (χ3v) is 8.56. The van der Waals surface area contributed by atoms with Gasteiger partial charge >= 0.3 is 0 Å². The monoisotopic (exact) mass is 262 g/mol. The Morgan fingerprint density at radius 2 is 1.88 bits per heavy atom. The number of rotatable bonds is 2. The van der Waals surface area contributed by atoms with Crippen LogP contribution in [0.1, 0.15) is 40.0 Å². The summed E-state index contributed by atoms with van der Waals surface area (Å²) in [4.78, 5) is 11.5. The van der Waals surface area contributed by atoms with Crippen molar-refractivity contribution >= 4 is 25.7 Å². The van der Waals surface area contributed by atoms with Gasteiger partial charge in [0.15, 0.2) is 8.32 Å². The summed E-state index contributed by atoms with van der Waals surface area (Å²) < 4.78 is 6.22. The first-order valence-corrected chi connectivity index (χ1v) is 9.30. The summed E-state index contributed by atoms with van der Waals surface area (Å²) in [6.07, 6.45) is 1.93. The highest BCUT2D eigenvalue weighted by Gasteiger charge is 2.40. The Bertz CT molecular complexity index is 271. The fourth-order valence-electron chi connectivity index (χ4n) is 1.72. The van der Waals surface area contributed by atoms with E-state index >= 15 is 0 Å². The molecule has 1 unspecified atom stereocenters. The zero-order valence-electron chi connectivity index (χ0n) is 11.0. The van der Waals surface area contributed by atoms with Crippen LogP contribution in [0.4, 0.5) is 0 Å². The van der Waals surface area contributed by atoms with Gasteiger partial charge in [-0.05, 0) is 24.6 Å². The molecule has 0 heterocycles. The van der Waals surface area contributed by atoms with E-state index in [4.69, 9.17) is 16.0 Å². The second-order valence-electron chi connectivity index (χ2n) is 6.28. The van der Waals surface area contributed by atoms with Gasteiger partial charge in [0.1, 0.15) is 5.78 Å². The molecule has 0 amide bonds. The van der Waals surface area contributed by atoms with Gasteiger partial charge in [-0.2, -0.15) is 0 Å². The molecule has 1 saturated carbocycles. The lowest BCUT2D eigenvalue weighted by atomic mass is 9.96. The Labute approximate surface area is 105 Å². The van der Waals surface area contributed by atoms with Crippen molar-refractivity contribution in [2.24, 2.45) is 0 Å². The third-order valence-electron chi connectivity index (χ3n) is 3.69. The highest BCUT2D eigenvalue weighted by atomic mass is 35.5. The van der Waals surface area contributed by atoms with E-state index < -0.39 is 8.32 Å². The summed E-state index contributed by atoms with van der Waals surface area (Å²) in [5.74, 6) is 0.245. The highest BCUT2D eigenvalue weighted by Crippen LogP contribution is 2.39. The normalized spacial score (nSPS) is 28.2. The van der Waals surface area contributed by atoms with Crippen molar-refractivity contribution in [3.8, 4) is 0 Å². The second kappa shape index (κ2) is 4.79. The van der Waals surface area contributed by atoms with Crippen LogP contribution in [-0.2, 0) is 9.22 Å². The van der Waals surface area contributed by atoms with Crippen LogP contribution in [0.3, 0.4) is 0 Å². The van der Waals surface area contributed by atoms with Crippen LogP contribution < -0.4 is 0 Å². The zero-order chi connectivity index (χ0) is 12.6. The minimum absolute atomic E-state index is 0.0315. The summed E-state index contributed by atoms with van der Waals surface area (Å²) in [6, 6.07) is 0. The van der Waals surface area contributed by atoms with Gasteiger partial charge in [-0.25, -0.2) is 0 Å². The van der Waals surface area contributed by atoms with Crippen molar-refractivity contribution in [1.82, 2.24) is 0 Å². The molecular formula is C12H23ClO2Si. The molecule has 0 aromatic heterocycles. The van der Waals surface area contributed by atoms with Crippen LogP contribution in [0, 0.1) is 0 Å². The number of alkyl halides is 1. The third kappa shape index (κ3) is 3.57. The van der Waals surface area contributed by atoms with Crippen LogP contribution in [0.15, 0.2) is 0 Å². The lowest BCUT2D eigenvalue weighted by Gasteiger charge is -2.40. The molecule has 0 aromatic carbocycles. The smallest absolute Gasteiger partial charge is 0.192 e. The number of carbonyl (C=O) groups is 1. The van der Waals surface area contributed by atoms with E-state index in [1.54, 1.807) is 0 Å². The van der Waals surface area contributed by atoms with Crippen molar-refractivity contribution in [2.45, 2.75) is 69.6 Å². The van der Waals surface area contributed by atoms with Crippen molar-refractivity contribution in [2.75, 3.05) is 0 Å². The maximum atomic E-state index is 11.5. The molecule has 2 atom stereocenters. The van der Waals surface area contributed by atoms with Crippen LogP contribution >= 0.6 is 11.6 Å². The largest absolute Gasteiger partial charge is 0.413 e. The van der Waals surface area contributed by atoms with E-state index in [-0.39, 0.29) is 22.3 Å². The number of carbonyl (C=O) groups excluding carboxylic acids is 1. The van der Waals surface area contributed by atoms with Crippen molar-refractivity contribution in [3.05, 3.63) is 0 Å². The first-order chi connectivity index (χ1) is 7.12. The van der Waals surface area contributed by atoms with Gasteiger partial charge in [-0.15, -0.1) is 11.6 Å². The van der Waals surface area contributed by atoms with Gasteiger partial charge in [0, 0.05) is 18.2 Å². The summed E-state index contributed by atoms with van der Waals surface area (Å²) in [5.41, 5.74) is 0. The summed E-state index contributed by atoms with van der Waals surface area (Å²) >= 11 is 6.06. The molecule has 1 aliphatic rings. The molecule has 2 nitrogen and oxygen atoms in total. The topological polar surface area (TPSA) is 26.3 Å². The van der Waals surface area contributed by atoms with Crippen LogP contribution in [0.5, 0.6) is 0 Å². The lowest BCUT2D eigenvalue weighted by molar-refractivity contribution is -0.122. The Hall–Kier alpha value is 0.137. The summed E-state index contributed by atoms with van der Waals surface area (Å²) in [5, 5.41) is 0.158. The zero-order valence-corrected chi connectivity index (χ0v) is 12.7. The molecule has 0 aromatic rings. The van der Waals surface area contributed by atoms with Gasteiger partial charge in [0.05, 0.1) is 6.10 Å². The maximum Gasteiger partial charge on any atom is 0.192 e. The summed E-state index contributed by atoms with van der Waals surface area (Å²) in [6.45, 7) is 11.1. The standard InChI is InChI=1S/C12H23ClO2Si/c1-12(2,3)16(4,5)15-11-7-9(13)6-10(14)8-11/h9,11H,6-8H2,1-5H3/t9?,11-/m1/s1. The quantitative estimate of drug-likeness (QED) is 0.560. The van der Waals surface area contributed by atoms with E-state index in [2.05, 4.69) is 33.9 Å². The first-order valence-electron chi connectivity index (χ1n) is 5.95. The van der Waals surface area contributed by atoms with Crippen LogP contribution in [-0.4, -0.2) is 25.6 Å². The summed E-state index contributed by atoms with van der Waals surface area (Å²) in [7, 11) is -1.76. The Morgan fingerprint density at radius 3 is 2.31 bits per heavy atom. The van der Waals surface area contributed by atoms with Gasteiger partial charge < -0.3 is 4.43 Å². The van der Waals surface area contributed by atoms with E-state index in [0.29, 0.717) is 12.8 Å². The van der Waals surface area contributed by atoms with Crippen LogP contribution in [0.2, 0.25) is 18.1 Å².